The van der Waals surface area contributed by atoms with Crippen LogP contribution in [-0.2, 0) is 9.53 Å². The van der Waals surface area contributed by atoms with E-state index in [0.717, 1.165) is 5.56 Å². The van der Waals surface area contributed by atoms with Gasteiger partial charge in [-0.2, -0.15) is 5.26 Å². The van der Waals surface area contributed by atoms with Crippen molar-refractivity contribution in [2.24, 2.45) is 0 Å². The molecule has 0 aliphatic heterocycles. The molecule has 0 amide bonds. The van der Waals surface area contributed by atoms with Crippen LogP contribution in [0.15, 0.2) is 46.4 Å². The first-order chi connectivity index (χ1) is 10.7. The SMILES string of the molecule is CCOC(=O)/C(C#N)=C/c1ccc(-c2ccccc2OC)o1. The summed E-state index contributed by atoms with van der Waals surface area (Å²) in [6, 6.07) is 12.7. The smallest absolute Gasteiger partial charge is 0.349 e. The highest BCUT2D eigenvalue weighted by Gasteiger charge is 2.13. The van der Waals surface area contributed by atoms with Crippen LogP contribution in [-0.4, -0.2) is 19.7 Å². The Bertz CT molecular complexity index is 737. The van der Waals surface area contributed by atoms with Gasteiger partial charge in [-0.05, 0) is 31.2 Å². The molecule has 1 heterocycles. The Morgan fingerprint density at radius 3 is 2.77 bits per heavy atom. The van der Waals surface area contributed by atoms with E-state index in [-0.39, 0.29) is 12.2 Å². The molecule has 0 radical (unpaired) electrons. The van der Waals surface area contributed by atoms with Crippen molar-refractivity contribution in [1.29, 1.82) is 5.26 Å². The van der Waals surface area contributed by atoms with Gasteiger partial charge in [-0.15, -0.1) is 0 Å². The van der Waals surface area contributed by atoms with Gasteiger partial charge in [0.15, 0.2) is 0 Å². The summed E-state index contributed by atoms with van der Waals surface area (Å²) >= 11 is 0. The summed E-state index contributed by atoms with van der Waals surface area (Å²) in [7, 11) is 1.58. The Kier molecular flexibility index (Phi) is 4.99. The van der Waals surface area contributed by atoms with Crippen molar-refractivity contribution in [3.63, 3.8) is 0 Å². The second kappa shape index (κ2) is 7.14. The van der Waals surface area contributed by atoms with Crippen molar-refractivity contribution in [2.75, 3.05) is 13.7 Å². The monoisotopic (exact) mass is 297 g/mol. The quantitative estimate of drug-likeness (QED) is 0.480. The van der Waals surface area contributed by atoms with Crippen LogP contribution in [0, 0.1) is 11.3 Å². The van der Waals surface area contributed by atoms with Crippen molar-refractivity contribution >= 4 is 12.0 Å². The molecule has 0 fully saturated rings. The van der Waals surface area contributed by atoms with Crippen molar-refractivity contribution in [2.45, 2.75) is 6.92 Å². The molecule has 2 rings (SSSR count). The predicted molar refractivity (Wildman–Crippen MR) is 80.9 cm³/mol. The maximum atomic E-state index is 11.6. The number of para-hydroxylation sites is 1. The van der Waals surface area contributed by atoms with Crippen LogP contribution in [0.5, 0.6) is 5.75 Å². The number of furan rings is 1. The summed E-state index contributed by atoms with van der Waals surface area (Å²) in [6.45, 7) is 1.89. The van der Waals surface area contributed by atoms with Gasteiger partial charge in [-0.25, -0.2) is 4.79 Å². The average molecular weight is 297 g/mol. The number of nitrogens with zero attached hydrogens (tertiary/aromatic N) is 1. The molecule has 0 bridgehead atoms. The van der Waals surface area contributed by atoms with Gasteiger partial charge in [0, 0.05) is 6.08 Å². The van der Waals surface area contributed by atoms with E-state index in [1.54, 1.807) is 26.2 Å². The molecular formula is C17H15NO4. The zero-order valence-corrected chi connectivity index (χ0v) is 12.3. The molecule has 5 heteroatoms. The number of rotatable bonds is 5. The molecule has 1 aromatic heterocycles. The third kappa shape index (κ3) is 3.36. The van der Waals surface area contributed by atoms with Gasteiger partial charge in [0.1, 0.15) is 28.9 Å². The predicted octanol–water partition coefficient (Wildman–Crippen LogP) is 3.43. The van der Waals surface area contributed by atoms with E-state index in [1.807, 2.05) is 30.3 Å². The van der Waals surface area contributed by atoms with Gasteiger partial charge in [0.2, 0.25) is 0 Å². The number of carbonyl (C=O) groups is 1. The van der Waals surface area contributed by atoms with E-state index in [2.05, 4.69) is 0 Å². The van der Waals surface area contributed by atoms with Crippen molar-refractivity contribution < 1.29 is 18.7 Å². The Labute approximate surface area is 128 Å². The summed E-state index contributed by atoms with van der Waals surface area (Å²) in [4.78, 5) is 11.6. The molecule has 0 saturated carbocycles. The Balaban J connectivity index is 2.32. The number of esters is 1. The third-order valence-corrected chi connectivity index (χ3v) is 2.90. The Hall–Kier alpha value is -3.00. The standard InChI is InChI=1S/C17H15NO4/c1-3-21-17(19)12(11-18)10-13-8-9-16(22-13)14-6-4-5-7-15(14)20-2/h4-10H,3H2,1-2H3/b12-10+. The lowest BCUT2D eigenvalue weighted by molar-refractivity contribution is -0.137. The third-order valence-electron chi connectivity index (χ3n) is 2.90. The molecule has 0 unspecified atom stereocenters. The minimum Gasteiger partial charge on any atom is -0.496 e. The Morgan fingerprint density at radius 1 is 1.32 bits per heavy atom. The van der Waals surface area contributed by atoms with Gasteiger partial charge >= 0.3 is 5.97 Å². The summed E-state index contributed by atoms with van der Waals surface area (Å²) in [5.74, 6) is 0.994. The van der Waals surface area contributed by atoms with Crippen LogP contribution in [0.4, 0.5) is 0 Å². The summed E-state index contributed by atoms with van der Waals surface area (Å²) in [5, 5.41) is 9.01. The summed E-state index contributed by atoms with van der Waals surface area (Å²) in [6.07, 6.45) is 1.36. The molecule has 0 spiro atoms. The van der Waals surface area contributed by atoms with E-state index in [4.69, 9.17) is 19.2 Å². The number of hydrogen-bond acceptors (Lipinski definition) is 5. The van der Waals surface area contributed by atoms with E-state index in [0.29, 0.717) is 17.3 Å². The molecule has 5 nitrogen and oxygen atoms in total. The van der Waals surface area contributed by atoms with E-state index >= 15 is 0 Å². The highest BCUT2D eigenvalue weighted by molar-refractivity contribution is 5.97. The number of carbonyl (C=O) groups excluding carboxylic acids is 1. The molecule has 0 atom stereocenters. The van der Waals surface area contributed by atoms with Gasteiger partial charge in [-0.1, -0.05) is 12.1 Å². The second-order valence-electron chi connectivity index (χ2n) is 4.29. The van der Waals surface area contributed by atoms with E-state index in [9.17, 15) is 4.79 Å². The molecule has 2 aromatic rings. The number of hydrogen-bond donors (Lipinski definition) is 0. The van der Waals surface area contributed by atoms with Crippen molar-refractivity contribution in [1.82, 2.24) is 0 Å². The van der Waals surface area contributed by atoms with Crippen LogP contribution in [0.3, 0.4) is 0 Å². The lowest BCUT2D eigenvalue weighted by atomic mass is 10.1. The molecule has 0 saturated heterocycles. The topological polar surface area (TPSA) is 72.5 Å². The van der Waals surface area contributed by atoms with Gasteiger partial charge in [-0.3, -0.25) is 0 Å². The zero-order chi connectivity index (χ0) is 15.9. The average Bonchev–Trinajstić information content (AvgIpc) is 3.01. The van der Waals surface area contributed by atoms with Gasteiger partial charge < -0.3 is 13.9 Å². The van der Waals surface area contributed by atoms with Crippen LogP contribution in [0.25, 0.3) is 17.4 Å². The number of nitriles is 1. The van der Waals surface area contributed by atoms with E-state index in [1.165, 1.54) is 6.08 Å². The summed E-state index contributed by atoms with van der Waals surface area (Å²) in [5.41, 5.74) is 0.682. The number of benzene rings is 1. The van der Waals surface area contributed by atoms with Crippen LogP contribution < -0.4 is 4.74 Å². The second-order valence-corrected chi connectivity index (χ2v) is 4.29. The minimum atomic E-state index is -0.666. The fraction of sp³-hybridized carbons (Fsp3) is 0.176. The first kappa shape index (κ1) is 15.4. The van der Waals surface area contributed by atoms with Crippen molar-refractivity contribution in [3.05, 3.63) is 47.7 Å². The molecule has 0 aliphatic carbocycles. The highest BCUT2D eigenvalue weighted by atomic mass is 16.5. The highest BCUT2D eigenvalue weighted by Crippen LogP contribution is 2.31. The van der Waals surface area contributed by atoms with E-state index < -0.39 is 5.97 Å². The molecule has 0 aliphatic rings. The van der Waals surface area contributed by atoms with Crippen molar-refractivity contribution in [3.8, 4) is 23.1 Å². The molecule has 0 N–H and O–H groups in total. The fourth-order valence-electron chi connectivity index (χ4n) is 1.91. The van der Waals surface area contributed by atoms with Crippen LogP contribution in [0.1, 0.15) is 12.7 Å². The number of ether oxygens (including phenoxy) is 2. The molecule has 112 valence electrons. The zero-order valence-electron chi connectivity index (χ0n) is 12.3. The number of methoxy groups -OCH3 is 1. The minimum absolute atomic E-state index is 0.109. The first-order valence-electron chi connectivity index (χ1n) is 6.71. The van der Waals surface area contributed by atoms with Crippen LogP contribution in [0.2, 0.25) is 0 Å². The summed E-state index contributed by atoms with van der Waals surface area (Å²) < 4.78 is 15.7. The van der Waals surface area contributed by atoms with Gasteiger partial charge in [0.25, 0.3) is 0 Å². The van der Waals surface area contributed by atoms with Gasteiger partial charge in [0.05, 0.1) is 19.3 Å². The van der Waals surface area contributed by atoms with Crippen LogP contribution >= 0.6 is 0 Å². The molecule has 22 heavy (non-hydrogen) atoms. The lowest BCUT2D eigenvalue weighted by Gasteiger charge is -2.04. The lowest BCUT2D eigenvalue weighted by Crippen LogP contribution is -2.05. The fourth-order valence-corrected chi connectivity index (χ4v) is 1.91. The maximum absolute atomic E-state index is 11.6. The molecule has 1 aromatic carbocycles. The largest absolute Gasteiger partial charge is 0.496 e. The Morgan fingerprint density at radius 2 is 2.09 bits per heavy atom. The molecular weight excluding hydrogens is 282 g/mol. The normalized spacial score (nSPS) is 10.9. The first-order valence-corrected chi connectivity index (χ1v) is 6.71. The maximum Gasteiger partial charge on any atom is 0.349 e.